The quantitative estimate of drug-likeness (QED) is 0.523. The lowest BCUT2D eigenvalue weighted by molar-refractivity contribution is -0.179. The van der Waals surface area contributed by atoms with Crippen LogP contribution in [0.15, 0.2) is 30.3 Å². The van der Waals surface area contributed by atoms with Crippen LogP contribution in [0.2, 0.25) is 0 Å². The Labute approximate surface area is 133 Å². The van der Waals surface area contributed by atoms with E-state index in [9.17, 15) is 14.4 Å². The highest BCUT2D eigenvalue weighted by Crippen LogP contribution is 2.10. The molecule has 23 heavy (non-hydrogen) atoms. The molecular weight excluding hydrogens is 306 g/mol. The van der Waals surface area contributed by atoms with Crippen LogP contribution in [0.25, 0.3) is 0 Å². The summed E-state index contributed by atoms with van der Waals surface area (Å²) in [7, 11) is 0. The van der Waals surface area contributed by atoms with Crippen molar-refractivity contribution in [2.45, 2.75) is 32.4 Å². The maximum absolute atomic E-state index is 11.7. The maximum Gasteiger partial charge on any atom is 0.528 e. The largest absolute Gasteiger partial charge is 0.528 e. The Bertz CT molecular complexity index is 532. The van der Waals surface area contributed by atoms with Gasteiger partial charge in [-0.25, -0.2) is 4.79 Å². The van der Waals surface area contributed by atoms with Crippen molar-refractivity contribution in [3.63, 3.8) is 0 Å². The van der Waals surface area contributed by atoms with Crippen LogP contribution in [-0.4, -0.2) is 46.0 Å². The number of benzene rings is 1. The number of hydrogen-bond acceptors (Lipinski definition) is 6. The number of rotatable bonds is 9. The molecule has 0 heterocycles. The molecule has 8 heteroatoms. The van der Waals surface area contributed by atoms with Gasteiger partial charge in [0.1, 0.15) is 12.6 Å². The molecule has 1 rings (SSSR count). The molecule has 0 aromatic heterocycles. The Balaban J connectivity index is 2.56. The number of nitrogens with zero attached hydrogens (tertiary/aromatic N) is 1. The third-order valence-corrected chi connectivity index (χ3v) is 2.97. The van der Waals surface area contributed by atoms with Crippen LogP contribution in [0, 0.1) is 0 Å². The first kappa shape index (κ1) is 18.4. The SMILES string of the molecule is CCN(OC(=O)OCc1ccccc1)[C@H](CCC(=O)O)C(=O)O. The molecule has 126 valence electrons. The molecule has 1 atom stereocenters. The molecular formula is C15H19NO7. The van der Waals surface area contributed by atoms with E-state index in [4.69, 9.17) is 19.8 Å². The Morgan fingerprint density at radius 1 is 1.17 bits per heavy atom. The molecule has 0 fully saturated rings. The molecule has 1 aromatic rings. The second-order valence-electron chi connectivity index (χ2n) is 4.64. The Morgan fingerprint density at radius 2 is 1.83 bits per heavy atom. The van der Waals surface area contributed by atoms with Gasteiger partial charge in [0.25, 0.3) is 0 Å². The molecule has 0 saturated heterocycles. The van der Waals surface area contributed by atoms with E-state index in [0.717, 1.165) is 10.6 Å². The highest BCUT2D eigenvalue weighted by molar-refractivity contribution is 5.75. The second-order valence-corrected chi connectivity index (χ2v) is 4.64. The minimum Gasteiger partial charge on any atom is -0.481 e. The van der Waals surface area contributed by atoms with E-state index in [1.54, 1.807) is 31.2 Å². The van der Waals surface area contributed by atoms with Crippen LogP contribution < -0.4 is 0 Å². The van der Waals surface area contributed by atoms with E-state index in [1.807, 2.05) is 6.07 Å². The number of carboxylic acids is 2. The molecule has 0 bridgehead atoms. The van der Waals surface area contributed by atoms with Gasteiger partial charge in [0.05, 0.1) is 0 Å². The molecule has 0 aliphatic rings. The van der Waals surface area contributed by atoms with Gasteiger partial charge in [-0.15, -0.1) is 5.06 Å². The number of hydrogen-bond donors (Lipinski definition) is 2. The predicted octanol–water partition coefficient (Wildman–Crippen LogP) is 1.89. The highest BCUT2D eigenvalue weighted by atomic mass is 16.8. The van der Waals surface area contributed by atoms with Gasteiger partial charge in [0, 0.05) is 13.0 Å². The summed E-state index contributed by atoms with van der Waals surface area (Å²) < 4.78 is 4.90. The van der Waals surface area contributed by atoms with E-state index in [2.05, 4.69) is 0 Å². The molecule has 1 aromatic carbocycles. The van der Waals surface area contributed by atoms with Crippen molar-refractivity contribution < 1.29 is 34.2 Å². The zero-order valence-corrected chi connectivity index (χ0v) is 12.7. The molecule has 0 aliphatic carbocycles. The van der Waals surface area contributed by atoms with Gasteiger partial charge in [0.15, 0.2) is 0 Å². The summed E-state index contributed by atoms with van der Waals surface area (Å²) in [6.45, 7) is 1.66. The first-order valence-corrected chi connectivity index (χ1v) is 7.04. The van der Waals surface area contributed by atoms with Crippen molar-refractivity contribution in [1.29, 1.82) is 0 Å². The van der Waals surface area contributed by atoms with Crippen molar-refractivity contribution in [3.8, 4) is 0 Å². The lowest BCUT2D eigenvalue weighted by atomic mass is 10.1. The molecule has 2 N–H and O–H groups in total. The minimum absolute atomic E-state index is 0.00983. The predicted molar refractivity (Wildman–Crippen MR) is 78.4 cm³/mol. The highest BCUT2D eigenvalue weighted by Gasteiger charge is 2.29. The average molecular weight is 325 g/mol. The van der Waals surface area contributed by atoms with E-state index in [-0.39, 0.29) is 26.0 Å². The smallest absolute Gasteiger partial charge is 0.481 e. The Kier molecular flexibility index (Phi) is 7.55. The van der Waals surface area contributed by atoms with Gasteiger partial charge in [-0.05, 0) is 18.9 Å². The van der Waals surface area contributed by atoms with Crippen molar-refractivity contribution in [2.24, 2.45) is 0 Å². The zero-order chi connectivity index (χ0) is 17.2. The van der Waals surface area contributed by atoms with Crippen LogP contribution in [0.1, 0.15) is 25.3 Å². The zero-order valence-electron chi connectivity index (χ0n) is 12.7. The van der Waals surface area contributed by atoms with E-state index in [1.165, 1.54) is 0 Å². The number of hydroxylamine groups is 2. The van der Waals surface area contributed by atoms with Gasteiger partial charge in [-0.1, -0.05) is 30.3 Å². The number of likely N-dealkylation sites (N-methyl/N-ethyl adjacent to an activating group) is 1. The van der Waals surface area contributed by atoms with Crippen LogP contribution in [0.5, 0.6) is 0 Å². The van der Waals surface area contributed by atoms with E-state index in [0.29, 0.717) is 0 Å². The summed E-state index contributed by atoms with van der Waals surface area (Å²) >= 11 is 0. The summed E-state index contributed by atoms with van der Waals surface area (Å²) in [6.07, 6.45) is -1.59. The monoisotopic (exact) mass is 325 g/mol. The first-order chi connectivity index (χ1) is 10.9. The van der Waals surface area contributed by atoms with Gasteiger partial charge < -0.3 is 19.8 Å². The number of carbonyl (C=O) groups is 3. The van der Waals surface area contributed by atoms with Crippen molar-refractivity contribution >= 4 is 18.1 Å². The van der Waals surface area contributed by atoms with Crippen LogP contribution in [0.3, 0.4) is 0 Å². The fraction of sp³-hybridized carbons (Fsp3) is 0.400. The number of aliphatic carboxylic acids is 2. The first-order valence-electron chi connectivity index (χ1n) is 7.04. The number of carbonyl (C=O) groups excluding carboxylic acids is 1. The maximum atomic E-state index is 11.7. The van der Waals surface area contributed by atoms with Crippen LogP contribution in [0.4, 0.5) is 4.79 Å². The summed E-state index contributed by atoms with van der Waals surface area (Å²) in [6, 6.07) is 7.67. The minimum atomic E-state index is -1.27. The topological polar surface area (TPSA) is 113 Å². The lowest BCUT2D eigenvalue weighted by Gasteiger charge is -2.25. The summed E-state index contributed by atoms with van der Waals surface area (Å²) in [5, 5.41) is 18.7. The van der Waals surface area contributed by atoms with Crippen molar-refractivity contribution in [2.75, 3.05) is 6.54 Å². The third kappa shape index (κ3) is 6.79. The van der Waals surface area contributed by atoms with E-state index < -0.39 is 24.1 Å². The van der Waals surface area contributed by atoms with Crippen LogP contribution in [-0.2, 0) is 25.8 Å². The van der Waals surface area contributed by atoms with E-state index >= 15 is 0 Å². The molecule has 0 spiro atoms. The van der Waals surface area contributed by atoms with Gasteiger partial charge in [-0.3, -0.25) is 9.59 Å². The van der Waals surface area contributed by atoms with Crippen molar-refractivity contribution in [3.05, 3.63) is 35.9 Å². The van der Waals surface area contributed by atoms with Gasteiger partial charge >= 0.3 is 18.1 Å². The summed E-state index contributed by atoms with van der Waals surface area (Å²) in [5.74, 6) is -2.40. The molecule has 0 saturated carbocycles. The number of ether oxygens (including phenoxy) is 1. The van der Waals surface area contributed by atoms with Gasteiger partial charge in [0.2, 0.25) is 0 Å². The fourth-order valence-corrected chi connectivity index (χ4v) is 1.84. The van der Waals surface area contributed by atoms with Crippen LogP contribution >= 0.6 is 0 Å². The molecule has 0 radical (unpaired) electrons. The number of carboxylic acid groups (broad SMARTS) is 2. The fourth-order valence-electron chi connectivity index (χ4n) is 1.84. The standard InChI is InChI=1S/C15H19NO7/c1-2-16(12(14(19)20)8-9-13(17)18)23-15(21)22-10-11-6-4-3-5-7-11/h3-7,12H,2,8-10H2,1H3,(H,17,18)(H,19,20)/t12-/m1/s1. The van der Waals surface area contributed by atoms with Gasteiger partial charge in [-0.2, -0.15) is 0 Å². The molecule has 0 amide bonds. The normalized spacial score (nSPS) is 11.7. The van der Waals surface area contributed by atoms with Crippen molar-refractivity contribution in [1.82, 2.24) is 5.06 Å². The average Bonchev–Trinajstić information content (AvgIpc) is 2.52. The molecule has 0 unspecified atom stereocenters. The summed E-state index contributed by atoms with van der Waals surface area (Å²) in [4.78, 5) is 38.3. The molecule has 8 nitrogen and oxygen atoms in total. The third-order valence-electron chi connectivity index (χ3n) is 2.97. The molecule has 0 aliphatic heterocycles. The Hall–Kier alpha value is -2.61. The lowest BCUT2D eigenvalue weighted by Crippen LogP contribution is -2.42. The Morgan fingerprint density at radius 3 is 2.35 bits per heavy atom. The summed E-state index contributed by atoms with van der Waals surface area (Å²) in [5.41, 5.74) is 0.758. The second kappa shape index (κ2) is 9.42.